The fourth-order valence-corrected chi connectivity index (χ4v) is 3.36. The molecule has 1 atom stereocenters. The summed E-state index contributed by atoms with van der Waals surface area (Å²) < 4.78 is 1.18. The van der Waals surface area contributed by atoms with E-state index in [2.05, 4.69) is 65.1 Å². The van der Waals surface area contributed by atoms with E-state index in [4.69, 9.17) is 0 Å². The van der Waals surface area contributed by atoms with Crippen molar-refractivity contribution in [2.75, 3.05) is 24.5 Å². The molecule has 1 aromatic rings. The standard InChI is InChI=1S/C17H27BrN2/c1-4-8-19-11-15-10-16(18)5-6-17(15)20-9-7-14(12-20)13(2)3/h5-6,10,13-14,19H,4,7-9,11-12H2,1-3H3. The van der Waals surface area contributed by atoms with Crippen LogP contribution in [-0.2, 0) is 6.54 Å². The first-order chi connectivity index (χ1) is 9.61. The predicted octanol–water partition coefficient (Wildman–Crippen LogP) is 4.43. The van der Waals surface area contributed by atoms with E-state index in [0.29, 0.717) is 0 Å². The van der Waals surface area contributed by atoms with Crippen molar-refractivity contribution in [1.82, 2.24) is 5.32 Å². The molecule has 1 fully saturated rings. The molecule has 0 saturated carbocycles. The van der Waals surface area contributed by atoms with Crippen LogP contribution in [0, 0.1) is 11.8 Å². The first-order valence-electron chi connectivity index (χ1n) is 7.86. The first kappa shape index (κ1) is 15.8. The lowest BCUT2D eigenvalue weighted by Crippen LogP contribution is -2.24. The van der Waals surface area contributed by atoms with Gasteiger partial charge in [-0.1, -0.05) is 36.7 Å². The maximum Gasteiger partial charge on any atom is 0.0412 e. The molecule has 1 saturated heterocycles. The topological polar surface area (TPSA) is 15.3 Å². The lowest BCUT2D eigenvalue weighted by Gasteiger charge is -2.23. The molecule has 0 spiro atoms. The Morgan fingerprint density at radius 2 is 2.20 bits per heavy atom. The van der Waals surface area contributed by atoms with Gasteiger partial charge in [0.2, 0.25) is 0 Å². The molecule has 0 amide bonds. The Bertz CT molecular complexity index is 431. The predicted molar refractivity (Wildman–Crippen MR) is 91.3 cm³/mol. The van der Waals surface area contributed by atoms with E-state index in [1.54, 1.807) is 0 Å². The summed E-state index contributed by atoms with van der Waals surface area (Å²) in [7, 11) is 0. The van der Waals surface area contributed by atoms with Gasteiger partial charge in [0.15, 0.2) is 0 Å². The first-order valence-corrected chi connectivity index (χ1v) is 8.65. The van der Waals surface area contributed by atoms with E-state index in [1.165, 1.54) is 41.7 Å². The van der Waals surface area contributed by atoms with E-state index in [9.17, 15) is 0 Å². The zero-order chi connectivity index (χ0) is 14.5. The fourth-order valence-electron chi connectivity index (χ4n) is 2.95. The molecule has 1 N–H and O–H groups in total. The summed E-state index contributed by atoms with van der Waals surface area (Å²) in [5, 5.41) is 3.53. The highest BCUT2D eigenvalue weighted by Gasteiger charge is 2.26. The second-order valence-electron chi connectivity index (χ2n) is 6.19. The van der Waals surface area contributed by atoms with Crippen molar-refractivity contribution in [3.63, 3.8) is 0 Å². The molecule has 2 rings (SSSR count). The van der Waals surface area contributed by atoms with Crippen molar-refractivity contribution in [2.45, 2.75) is 40.2 Å². The number of halogens is 1. The number of rotatable bonds is 6. The average Bonchev–Trinajstić information content (AvgIpc) is 2.89. The number of benzene rings is 1. The summed E-state index contributed by atoms with van der Waals surface area (Å²) in [5.74, 6) is 1.63. The van der Waals surface area contributed by atoms with Gasteiger partial charge in [-0.2, -0.15) is 0 Å². The van der Waals surface area contributed by atoms with Crippen LogP contribution in [0.1, 0.15) is 39.2 Å². The van der Waals surface area contributed by atoms with E-state index < -0.39 is 0 Å². The third-order valence-electron chi connectivity index (χ3n) is 4.29. The summed E-state index contributed by atoms with van der Waals surface area (Å²) in [6, 6.07) is 6.71. The van der Waals surface area contributed by atoms with Gasteiger partial charge in [-0.05, 0) is 55.0 Å². The summed E-state index contributed by atoms with van der Waals surface area (Å²) >= 11 is 3.60. The van der Waals surface area contributed by atoms with Gasteiger partial charge in [0, 0.05) is 29.8 Å². The molecule has 0 radical (unpaired) electrons. The maximum absolute atomic E-state index is 3.60. The quantitative estimate of drug-likeness (QED) is 0.771. The molecule has 2 nitrogen and oxygen atoms in total. The summed E-state index contributed by atoms with van der Waals surface area (Å²) in [6.07, 6.45) is 2.51. The Morgan fingerprint density at radius 3 is 2.85 bits per heavy atom. The Kier molecular flexibility index (Phi) is 5.91. The van der Waals surface area contributed by atoms with Crippen LogP contribution in [0.5, 0.6) is 0 Å². The third-order valence-corrected chi connectivity index (χ3v) is 4.79. The molecule has 3 heteroatoms. The lowest BCUT2D eigenvalue weighted by atomic mass is 9.95. The Balaban J connectivity index is 2.10. The Hall–Kier alpha value is -0.540. The Labute approximate surface area is 132 Å². The summed E-state index contributed by atoms with van der Waals surface area (Å²) in [5.41, 5.74) is 2.83. The van der Waals surface area contributed by atoms with Gasteiger partial charge >= 0.3 is 0 Å². The van der Waals surface area contributed by atoms with Crippen molar-refractivity contribution < 1.29 is 0 Å². The lowest BCUT2D eigenvalue weighted by molar-refractivity contribution is 0.422. The minimum atomic E-state index is 0.789. The summed E-state index contributed by atoms with van der Waals surface area (Å²) in [6.45, 7) is 11.4. The molecule has 1 aromatic carbocycles. The van der Waals surface area contributed by atoms with E-state index in [1.807, 2.05) is 0 Å². The maximum atomic E-state index is 3.60. The number of nitrogens with zero attached hydrogens (tertiary/aromatic N) is 1. The normalized spacial score (nSPS) is 19.1. The molecule has 0 aromatic heterocycles. The van der Waals surface area contributed by atoms with Crippen LogP contribution >= 0.6 is 15.9 Å². The molecule has 20 heavy (non-hydrogen) atoms. The van der Waals surface area contributed by atoms with Crippen LogP contribution in [0.2, 0.25) is 0 Å². The van der Waals surface area contributed by atoms with Crippen LogP contribution < -0.4 is 10.2 Å². The van der Waals surface area contributed by atoms with Crippen molar-refractivity contribution in [2.24, 2.45) is 11.8 Å². The van der Waals surface area contributed by atoms with Crippen LogP contribution in [0.4, 0.5) is 5.69 Å². The zero-order valence-corrected chi connectivity index (χ0v) is 14.5. The molecule has 1 unspecified atom stereocenters. The number of nitrogens with one attached hydrogen (secondary N) is 1. The highest BCUT2D eigenvalue weighted by atomic mass is 79.9. The number of hydrogen-bond donors (Lipinski definition) is 1. The average molecular weight is 339 g/mol. The molecule has 1 aliphatic rings. The zero-order valence-electron chi connectivity index (χ0n) is 13.0. The smallest absolute Gasteiger partial charge is 0.0412 e. The Morgan fingerprint density at radius 1 is 1.40 bits per heavy atom. The van der Waals surface area contributed by atoms with Gasteiger partial charge in [-0.25, -0.2) is 0 Å². The van der Waals surface area contributed by atoms with E-state index >= 15 is 0 Å². The van der Waals surface area contributed by atoms with Crippen molar-refractivity contribution in [1.29, 1.82) is 0 Å². The van der Waals surface area contributed by atoms with Gasteiger partial charge < -0.3 is 10.2 Å². The van der Waals surface area contributed by atoms with Gasteiger partial charge in [0.05, 0.1) is 0 Å². The van der Waals surface area contributed by atoms with Gasteiger partial charge in [0.1, 0.15) is 0 Å². The number of hydrogen-bond acceptors (Lipinski definition) is 2. The van der Waals surface area contributed by atoms with Gasteiger partial charge in [-0.3, -0.25) is 0 Å². The van der Waals surface area contributed by atoms with Gasteiger partial charge in [-0.15, -0.1) is 0 Å². The van der Waals surface area contributed by atoms with E-state index in [-0.39, 0.29) is 0 Å². The molecule has 1 aliphatic heterocycles. The highest BCUT2D eigenvalue weighted by molar-refractivity contribution is 9.10. The molecular weight excluding hydrogens is 312 g/mol. The van der Waals surface area contributed by atoms with Crippen LogP contribution in [0.25, 0.3) is 0 Å². The minimum absolute atomic E-state index is 0.789. The monoisotopic (exact) mass is 338 g/mol. The summed E-state index contributed by atoms with van der Waals surface area (Å²) in [4.78, 5) is 2.57. The molecule has 112 valence electrons. The number of anilines is 1. The molecule has 0 bridgehead atoms. The van der Waals surface area contributed by atoms with Crippen LogP contribution in [0.15, 0.2) is 22.7 Å². The minimum Gasteiger partial charge on any atom is -0.371 e. The van der Waals surface area contributed by atoms with Crippen molar-refractivity contribution >= 4 is 21.6 Å². The SMILES string of the molecule is CCCNCc1cc(Br)ccc1N1CCC(C(C)C)C1. The van der Waals surface area contributed by atoms with Crippen molar-refractivity contribution in [3.8, 4) is 0 Å². The molecule has 0 aliphatic carbocycles. The van der Waals surface area contributed by atoms with E-state index in [0.717, 1.165) is 24.9 Å². The second kappa shape index (κ2) is 7.46. The third kappa shape index (κ3) is 3.98. The van der Waals surface area contributed by atoms with Crippen molar-refractivity contribution in [3.05, 3.63) is 28.2 Å². The fraction of sp³-hybridized carbons (Fsp3) is 0.647. The molecular formula is C17H27BrN2. The highest BCUT2D eigenvalue weighted by Crippen LogP contribution is 2.31. The van der Waals surface area contributed by atoms with Gasteiger partial charge in [0.25, 0.3) is 0 Å². The second-order valence-corrected chi connectivity index (χ2v) is 7.10. The van der Waals surface area contributed by atoms with Crippen LogP contribution in [0.3, 0.4) is 0 Å². The largest absolute Gasteiger partial charge is 0.371 e. The molecule has 1 heterocycles. The van der Waals surface area contributed by atoms with Crippen LogP contribution in [-0.4, -0.2) is 19.6 Å².